The molecular weight excluding hydrogens is 426 g/mol. The Morgan fingerprint density at radius 3 is 2.26 bits per heavy atom. The monoisotopic (exact) mass is 455 g/mol. The second kappa shape index (κ2) is 10.8. The van der Waals surface area contributed by atoms with E-state index in [0.717, 1.165) is 41.2 Å². The quantitative estimate of drug-likeness (QED) is 0.280. The Morgan fingerprint density at radius 1 is 0.968 bits per heavy atom. The van der Waals surface area contributed by atoms with Crippen molar-refractivity contribution in [2.75, 3.05) is 25.9 Å². The number of benzene rings is 2. The molecule has 5 heteroatoms. The number of unbranched alkanes of at least 4 members (excludes halogenated alkanes) is 2. The van der Waals surface area contributed by atoms with E-state index in [1.807, 2.05) is 30.3 Å². The first-order valence-electron chi connectivity index (χ1n) is 10.5. The number of hydrogen-bond acceptors (Lipinski definition) is 3. The maximum Gasteiger partial charge on any atom is 0.171 e. The second-order valence-electron chi connectivity index (χ2n) is 7.62. The predicted molar refractivity (Wildman–Crippen MR) is 130 cm³/mol. The van der Waals surface area contributed by atoms with Crippen molar-refractivity contribution < 1.29 is 9.47 Å². The largest absolute Gasteiger partial charge is 0.492 e. The molecule has 0 N–H and O–H groups in total. The third-order valence-electron chi connectivity index (χ3n) is 5.64. The lowest BCUT2D eigenvalue weighted by Crippen LogP contribution is -2.13. The first kappa shape index (κ1) is 23.3. The summed E-state index contributed by atoms with van der Waals surface area (Å²) in [6, 6.07) is 21.3. The number of methoxy groups -OCH3 is 2. The van der Waals surface area contributed by atoms with Gasteiger partial charge in [0.15, 0.2) is 11.5 Å². The van der Waals surface area contributed by atoms with E-state index < -0.39 is 15.9 Å². The number of alkyl halides is 1. The lowest BCUT2D eigenvalue weighted by molar-refractivity contribution is 0.220. The third-order valence-corrected chi connectivity index (χ3v) is 9.77. The summed E-state index contributed by atoms with van der Waals surface area (Å²) >= 11 is 5.94. The highest BCUT2D eigenvalue weighted by atomic mass is 35.5. The molecule has 0 saturated heterocycles. The number of nitrogens with zero attached hydrogens (tertiary/aromatic N) is 1. The van der Waals surface area contributed by atoms with Crippen LogP contribution in [0.25, 0.3) is 0 Å². The van der Waals surface area contributed by atoms with Crippen molar-refractivity contribution in [1.29, 1.82) is 5.26 Å². The zero-order valence-electron chi connectivity index (χ0n) is 18.4. The number of ether oxygens (including phenoxy) is 2. The maximum atomic E-state index is 10.3. The van der Waals surface area contributed by atoms with E-state index in [0.29, 0.717) is 11.6 Å². The highest BCUT2D eigenvalue weighted by Crippen LogP contribution is 2.72. The molecule has 0 spiro atoms. The van der Waals surface area contributed by atoms with E-state index in [-0.39, 0.29) is 0 Å². The zero-order chi connectivity index (χ0) is 22.3. The summed E-state index contributed by atoms with van der Waals surface area (Å²) in [6.07, 6.45) is 3.07. The standard InChI is InChI=1S/C26H30ClNO2S/c1-20-12-14-22(15-13-20)31(17-9-5-8-16-27)19-24(29-2)25(30-3)26(31)23(18-28)21-10-6-4-7-11-21/h4,6-7,10-15,19,23H,5,8-9,16-17H2,1-3H3. The van der Waals surface area contributed by atoms with Crippen LogP contribution in [-0.2, 0) is 9.47 Å². The SMILES string of the molecule is COC1=CS(CCCCCCl)(c2ccc(C)cc2)C(C(C#N)c2ccccc2)=C1OC. The smallest absolute Gasteiger partial charge is 0.171 e. The molecule has 0 aromatic heterocycles. The van der Waals surface area contributed by atoms with E-state index in [4.69, 9.17) is 21.1 Å². The van der Waals surface area contributed by atoms with Crippen molar-refractivity contribution in [3.63, 3.8) is 0 Å². The highest BCUT2D eigenvalue weighted by Gasteiger charge is 2.43. The minimum Gasteiger partial charge on any atom is -0.492 e. The van der Waals surface area contributed by atoms with E-state index in [1.54, 1.807) is 14.2 Å². The average molecular weight is 456 g/mol. The summed E-state index contributed by atoms with van der Waals surface area (Å²) in [5, 5.41) is 12.6. The van der Waals surface area contributed by atoms with E-state index in [2.05, 4.69) is 42.7 Å². The van der Waals surface area contributed by atoms with Gasteiger partial charge >= 0.3 is 0 Å². The van der Waals surface area contributed by atoms with Crippen molar-refractivity contribution >= 4 is 21.6 Å². The molecule has 1 heterocycles. The van der Waals surface area contributed by atoms with Gasteiger partial charge in [-0.05, 0) is 48.1 Å². The average Bonchev–Trinajstić information content (AvgIpc) is 3.13. The maximum absolute atomic E-state index is 10.3. The lowest BCUT2D eigenvalue weighted by atomic mass is 9.99. The molecule has 0 saturated carbocycles. The van der Waals surface area contributed by atoms with E-state index >= 15 is 0 Å². The van der Waals surface area contributed by atoms with Gasteiger partial charge < -0.3 is 9.47 Å². The van der Waals surface area contributed by atoms with Crippen molar-refractivity contribution in [2.45, 2.75) is 37.0 Å². The van der Waals surface area contributed by atoms with Gasteiger partial charge in [-0.15, -0.1) is 11.6 Å². The molecule has 1 aliphatic rings. The molecule has 0 amide bonds. The van der Waals surface area contributed by atoms with Crippen LogP contribution in [0.2, 0.25) is 0 Å². The van der Waals surface area contributed by atoms with Crippen LogP contribution in [0.3, 0.4) is 0 Å². The minimum atomic E-state index is -1.66. The van der Waals surface area contributed by atoms with Gasteiger partial charge in [0.25, 0.3) is 0 Å². The molecule has 31 heavy (non-hydrogen) atoms. The van der Waals surface area contributed by atoms with Gasteiger partial charge in [-0.3, -0.25) is 0 Å². The summed E-state index contributed by atoms with van der Waals surface area (Å²) < 4.78 is 11.7. The van der Waals surface area contributed by atoms with Gasteiger partial charge in [-0.2, -0.15) is 15.3 Å². The summed E-state index contributed by atoms with van der Waals surface area (Å²) in [6.45, 7) is 2.09. The number of allylic oxidation sites excluding steroid dienone is 1. The fourth-order valence-corrected chi connectivity index (χ4v) is 8.32. The first-order valence-corrected chi connectivity index (χ1v) is 12.9. The number of hydrogen-bond donors (Lipinski definition) is 0. The highest BCUT2D eigenvalue weighted by molar-refractivity contribution is 8.39. The Bertz CT molecular complexity index is 979. The fraction of sp³-hybridized carbons (Fsp3) is 0.346. The Morgan fingerprint density at radius 2 is 1.68 bits per heavy atom. The molecule has 0 radical (unpaired) electrons. The second-order valence-corrected chi connectivity index (χ2v) is 11.1. The third kappa shape index (κ3) is 4.79. The van der Waals surface area contributed by atoms with Crippen LogP contribution >= 0.6 is 21.6 Å². The Hall–Kier alpha value is -2.35. The van der Waals surface area contributed by atoms with Crippen LogP contribution in [0.5, 0.6) is 0 Å². The van der Waals surface area contributed by atoms with Gasteiger partial charge in [0.1, 0.15) is 5.92 Å². The van der Waals surface area contributed by atoms with Gasteiger partial charge in [0.2, 0.25) is 0 Å². The molecule has 0 aliphatic carbocycles. The predicted octanol–water partition coefficient (Wildman–Crippen LogP) is 7.23. The van der Waals surface area contributed by atoms with Crippen LogP contribution < -0.4 is 0 Å². The van der Waals surface area contributed by atoms with Gasteiger partial charge in [-0.25, -0.2) is 0 Å². The number of halogens is 1. The fourth-order valence-electron chi connectivity index (χ4n) is 4.06. The van der Waals surface area contributed by atoms with E-state index in [9.17, 15) is 5.26 Å². The van der Waals surface area contributed by atoms with Crippen LogP contribution in [0.15, 0.2) is 81.3 Å². The summed E-state index contributed by atoms with van der Waals surface area (Å²) in [5.41, 5.74) is 2.19. The van der Waals surface area contributed by atoms with Crippen molar-refractivity contribution in [1.82, 2.24) is 0 Å². The number of aryl methyl sites for hydroxylation is 1. The molecule has 0 fully saturated rings. The van der Waals surface area contributed by atoms with Crippen LogP contribution in [0, 0.1) is 18.3 Å². The summed E-state index contributed by atoms with van der Waals surface area (Å²) in [7, 11) is 1.68. The molecule has 164 valence electrons. The zero-order valence-corrected chi connectivity index (χ0v) is 20.0. The van der Waals surface area contributed by atoms with Crippen molar-refractivity contribution in [3.05, 3.63) is 87.6 Å². The Kier molecular flexibility index (Phi) is 8.12. The normalized spacial score (nSPS) is 21.1. The molecule has 2 unspecified atom stereocenters. The van der Waals surface area contributed by atoms with Gasteiger partial charge in [-0.1, -0.05) is 54.4 Å². The molecule has 3 rings (SSSR count). The van der Waals surface area contributed by atoms with Crippen LogP contribution in [-0.4, -0.2) is 25.9 Å². The molecular formula is C26H30ClNO2S. The number of nitriles is 1. The topological polar surface area (TPSA) is 42.2 Å². The molecule has 0 bridgehead atoms. The van der Waals surface area contributed by atoms with Crippen molar-refractivity contribution in [2.24, 2.45) is 0 Å². The van der Waals surface area contributed by atoms with Crippen LogP contribution in [0.4, 0.5) is 0 Å². The molecule has 2 atom stereocenters. The molecule has 1 aliphatic heterocycles. The molecule has 2 aromatic carbocycles. The molecule has 2 aromatic rings. The Labute approximate surface area is 192 Å². The van der Waals surface area contributed by atoms with Gasteiger partial charge in [0, 0.05) is 16.2 Å². The molecule has 3 nitrogen and oxygen atoms in total. The van der Waals surface area contributed by atoms with E-state index in [1.165, 1.54) is 10.5 Å². The Balaban J connectivity index is 2.22. The lowest BCUT2D eigenvalue weighted by Gasteiger charge is -2.39. The summed E-state index contributed by atoms with van der Waals surface area (Å²) in [4.78, 5) is 2.27. The van der Waals surface area contributed by atoms with Crippen LogP contribution in [0.1, 0.15) is 36.3 Å². The number of rotatable bonds is 10. The summed E-state index contributed by atoms with van der Waals surface area (Å²) in [5.74, 6) is 2.62. The first-order chi connectivity index (χ1) is 15.1. The van der Waals surface area contributed by atoms with Gasteiger partial charge in [0.05, 0.1) is 20.3 Å². The van der Waals surface area contributed by atoms with Crippen molar-refractivity contribution in [3.8, 4) is 6.07 Å². The minimum absolute atomic E-state index is 0.413.